The van der Waals surface area contributed by atoms with Gasteiger partial charge in [-0.2, -0.15) is 0 Å². The fourth-order valence-corrected chi connectivity index (χ4v) is 4.60. The molecule has 136 valence electrons. The molecule has 3 aliphatic rings. The first kappa shape index (κ1) is 16.9. The summed E-state index contributed by atoms with van der Waals surface area (Å²) in [5.74, 6) is 0.489. The van der Waals surface area contributed by atoms with Crippen molar-refractivity contribution in [1.29, 1.82) is 0 Å². The number of likely N-dealkylation sites (tertiary alicyclic amines) is 2. The Morgan fingerprint density at radius 1 is 1.04 bits per heavy atom. The lowest BCUT2D eigenvalue weighted by atomic mass is 9.93. The number of amides is 2. The fraction of sp³-hybridized carbons (Fsp3) is 0.667. The molecule has 4 rings (SSSR count). The molecule has 25 heavy (non-hydrogen) atoms. The Bertz CT molecular complexity index is 632. The smallest absolute Gasteiger partial charge is 0.317 e. The van der Waals surface area contributed by atoms with Gasteiger partial charge >= 0.3 is 6.03 Å². The molecule has 0 radical (unpaired) electrons. The minimum absolute atomic E-state index is 0.150. The van der Waals surface area contributed by atoms with E-state index in [1.807, 2.05) is 4.90 Å². The minimum Gasteiger partial charge on any atom is -0.335 e. The Hall–Kier alpha value is -1.55. The summed E-state index contributed by atoms with van der Waals surface area (Å²) in [6, 6.07) is 8.07. The van der Waals surface area contributed by atoms with E-state index < -0.39 is 0 Å². The molecule has 2 heterocycles. The fourth-order valence-electron chi connectivity index (χ4n) is 4.60. The zero-order chi connectivity index (χ0) is 17.4. The van der Waals surface area contributed by atoms with Crippen LogP contribution in [0.4, 0.5) is 4.79 Å². The first-order valence-electron chi connectivity index (χ1n) is 9.97. The van der Waals surface area contributed by atoms with Gasteiger partial charge < -0.3 is 15.1 Å². The maximum atomic E-state index is 12.7. The van der Waals surface area contributed by atoms with Crippen molar-refractivity contribution in [1.82, 2.24) is 15.1 Å². The van der Waals surface area contributed by atoms with Gasteiger partial charge in [-0.15, -0.1) is 0 Å². The topological polar surface area (TPSA) is 35.6 Å². The van der Waals surface area contributed by atoms with Crippen molar-refractivity contribution in [2.75, 3.05) is 26.2 Å². The van der Waals surface area contributed by atoms with Crippen molar-refractivity contribution in [3.63, 3.8) is 0 Å². The van der Waals surface area contributed by atoms with Gasteiger partial charge in [0.2, 0.25) is 0 Å². The summed E-state index contributed by atoms with van der Waals surface area (Å²) in [6.07, 6.45) is 6.06. The molecule has 1 aliphatic carbocycles. The Labute approximate surface area is 151 Å². The largest absolute Gasteiger partial charge is 0.335 e. The average molecular weight is 341 g/mol. The van der Waals surface area contributed by atoms with Crippen LogP contribution in [0.15, 0.2) is 18.2 Å². The zero-order valence-corrected chi connectivity index (χ0v) is 15.6. The predicted molar refractivity (Wildman–Crippen MR) is 101 cm³/mol. The number of nitrogens with zero attached hydrogens (tertiary/aromatic N) is 2. The van der Waals surface area contributed by atoms with Crippen molar-refractivity contribution in [3.8, 4) is 0 Å². The van der Waals surface area contributed by atoms with Crippen LogP contribution in [0.2, 0.25) is 0 Å². The third-order valence-corrected chi connectivity index (χ3v) is 6.26. The lowest BCUT2D eigenvalue weighted by Crippen LogP contribution is -2.49. The van der Waals surface area contributed by atoms with Crippen LogP contribution in [0, 0.1) is 13.8 Å². The minimum atomic E-state index is 0.150. The van der Waals surface area contributed by atoms with Crippen molar-refractivity contribution in [3.05, 3.63) is 34.9 Å². The van der Waals surface area contributed by atoms with Crippen LogP contribution in [0.3, 0.4) is 0 Å². The summed E-state index contributed by atoms with van der Waals surface area (Å²) >= 11 is 0. The molecule has 4 nitrogen and oxygen atoms in total. The highest BCUT2D eigenvalue weighted by Crippen LogP contribution is 2.31. The molecule has 1 aromatic carbocycles. The monoisotopic (exact) mass is 341 g/mol. The van der Waals surface area contributed by atoms with Crippen LogP contribution in [0.25, 0.3) is 0 Å². The first-order chi connectivity index (χ1) is 12.1. The maximum Gasteiger partial charge on any atom is 0.317 e. The van der Waals surface area contributed by atoms with E-state index in [1.54, 1.807) is 0 Å². The molecule has 0 aromatic heterocycles. The molecular weight excluding hydrogens is 310 g/mol. The second-order valence-electron chi connectivity index (χ2n) is 8.28. The summed E-state index contributed by atoms with van der Waals surface area (Å²) in [7, 11) is 0. The van der Waals surface area contributed by atoms with E-state index in [0.717, 1.165) is 51.5 Å². The van der Waals surface area contributed by atoms with E-state index in [2.05, 4.69) is 42.3 Å². The van der Waals surface area contributed by atoms with Crippen LogP contribution in [-0.4, -0.2) is 54.1 Å². The van der Waals surface area contributed by atoms with Gasteiger partial charge in [-0.25, -0.2) is 4.79 Å². The molecule has 4 heteroatoms. The quantitative estimate of drug-likeness (QED) is 0.914. The van der Waals surface area contributed by atoms with Crippen LogP contribution < -0.4 is 5.32 Å². The first-order valence-corrected chi connectivity index (χ1v) is 9.97. The molecule has 2 saturated heterocycles. The number of rotatable bonds is 3. The molecule has 0 spiro atoms. The van der Waals surface area contributed by atoms with Gasteiger partial charge in [-0.05, 0) is 57.1 Å². The lowest BCUT2D eigenvalue weighted by molar-refractivity contribution is 0.173. The molecule has 1 aromatic rings. The van der Waals surface area contributed by atoms with Crippen molar-refractivity contribution < 1.29 is 4.79 Å². The normalized spacial score (nSPS) is 25.4. The van der Waals surface area contributed by atoms with Crippen LogP contribution >= 0.6 is 0 Å². The number of aryl methyl sites for hydroxylation is 2. The van der Waals surface area contributed by atoms with Crippen molar-refractivity contribution in [2.24, 2.45) is 0 Å². The summed E-state index contributed by atoms with van der Waals surface area (Å²) < 4.78 is 0. The lowest BCUT2D eigenvalue weighted by Gasteiger charge is -2.33. The van der Waals surface area contributed by atoms with E-state index in [0.29, 0.717) is 12.0 Å². The highest BCUT2D eigenvalue weighted by molar-refractivity contribution is 5.75. The van der Waals surface area contributed by atoms with E-state index in [9.17, 15) is 4.79 Å². The van der Waals surface area contributed by atoms with Gasteiger partial charge in [-0.3, -0.25) is 0 Å². The van der Waals surface area contributed by atoms with Gasteiger partial charge in [0.1, 0.15) is 0 Å². The molecule has 3 fully saturated rings. The molecular formula is C21H31N3O. The maximum absolute atomic E-state index is 12.7. The van der Waals surface area contributed by atoms with Crippen molar-refractivity contribution in [2.45, 2.75) is 64.0 Å². The molecule has 0 bridgehead atoms. The number of nitrogens with one attached hydrogen (secondary N) is 1. The predicted octanol–water partition coefficient (Wildman–Crippen LogP) is 3.43. The van der Waals surface area contributed by atoms with Crippen LogP contribution in [0.5, 0.6) is 0 Å². The summed E-state index contributed by atoms with van der Waals surface area (Å²) in [4.78, 5) is 17.3. The van der Waals surface area contributed by atoms with Gasteiger partial charge in [-0.1, -0.05) is 23.8 Å². The second kappa shape index (κ2) is 6.99. The van der Waals surface area contributed by atoms with Crippen LogP contribution in [-0.2, 0) is 0 Å². The van der Waals surface area contributed by atoms with Gasteiger partial charge in [0.15, 0.2) is 0 Å². The number of carbonyl (C=O) groups excluding carboxylic acids is 1. The van der Waals surface area contributed by atoms with E-state index >= 15 is 0 Å². The third kappa shape index (κ3) is 3.84. The molecule has 1 N–H and O–H groups in total. The summed E-state index contributed by atoms with van der Waals surface area (Å²) in [5, 5.41) is 3.30. The average Bonchev–Trinajstić information content (AvgIpc) is 3.33. The number of hydrogen-bond donors (Lipinski definition) is 1. The summed E-state index contributed by atoms with van der Waals surface area (Å²) in [6.45, 7) is 8.38. The Balaban J connectivity index is 1.28. The highest BCUT2D eigenvalue weighted by atomic mass is 16.2. The molecule has 2 aliphatic heterocycles. The highest BCUT2D eigenvalue weighted by Gasteiger charge is 2.33. The summed E-state index contributed by atoms with van der Waals surface area (Å²) in [5.41, 5.74) is 4.09. The Kier molecular flexibility index (Phi) is 4.72. The Morgan fingerprint density at radius 2 is 1.80 bits per heavy atom. The van der Waals surface area contributed by atoms with E-state index in [4.69, 9.17) is 0 Å². The van der Waals surface area contributed by atoms with Gasteiger partial charge in [0.25, 0.3) is 0 Å². The van der Waals surface area contributed by atoms with E-state index in [1.165, 1.54) is 29.5 Å². The molecule has 1 atom stereocenters. The second-order valence-corrected chi connectivity index (χ2v) is 8.28. The van der Waals surface area contributed by atoms with Crippen molar-refractivity contribution >= 4 is 6.03 Å². The van der Waals surface area contributed by atoms with Gasteiger partial charge in [0.05, 0.1) is 0 Å². The molecule has 2 amide bonds. The van der Waals surface area contributed by atoms with Crippen LogP contribution in [0.1, 0.15) is 54.7 Å². The van der Waals surface area contributed by atoms with Gasteiger partial charge in [0, 0.05) is 44.2 Å². The third-order valence-electron chi connectivity index (χ3n) is 6.26. The number of hydrogen-bond acceptors (Lipinski definition) is 2. The number of carbonyl (C=O) groups is 1. The number of urea groups is 1. The zero-order valence-electron chi connectivity index (χ0n) is 15.6. The van der Waals surface area contributed by atoms with E-state index in [-0.39, 0.29) is 6.03 Å². The molecule has 1 unspecified atom stereocenters. The standard InChI is InChI=1S/C21H31N3O/c1-15-3-6-20(16(2)13-15)17-7-10-24(14-17)21(25)22-18-8-11-23(12-9-18)19-4-5-19/h3,6,13,17-19H,4-5,7-12,14H2,1-2H3,(H,22,25). The SMILES string of the molecule is Cc1ccc(C2CCN(C(=O)NC3CCN(C4CC4)CC3)C2)c(C)c1. The Morgan fingerprint density at radius 3 is 2.48 bits per heavy atom. The number of benzene rings is 1. The number of piperidine rings is 1. The molecule has 1 saturated carbocycles.